The number of nitrogens with one attached hydrogen (secondary N) is 1. The molecule has 2 fully saturated rings. The van der Waals surface area contributed by atoms with Gasteiger partial charge in [-0.05, 0) is 19.4 Å². The van der Waals surface area contributed by atoms with E-state index >= 15 is 0 Å². The second kappa shape index (κ2) is 7.39. The van der Waals surface area contributed by atoms with Crippen molar-refractivity contribution in [3.63, 3.8) is 0 Å². The zero-order valence-corrected chi connectivity index (χ0v) is 16.4. The summed E-state index contributed by atoms with van der Waals surface area (Å²) in [5.74, 6) is 0.286. The van der Waals surface area contributed by atoms with Gasteiger partial charge in [0.05, 0.1) is 5.92 Å². The molecule has 1 atom stereocenters. The van der Waals surface area contributed by atoms with Crippen molar-refractivity contribution < 1.29 is 9.59 Å². The molecule has 2 saturated heterocycles. The van der Waals surface area contributed by atoms with E-state index in [1.54, 1.807) is 0 Å². The van der Waals surface area contributed by atoms with Gasteiger partial charge in [-0.3, -0.25) is 14.5 Å². The summed E-state index contributed by atoms with van der Waals surface area (Å²) in [4.78, 5) is 29.4. The van der Waals surface area contributed by atoms with E-state index in [4.69, 9.17) is 0 Å². The topological polar surface area (TPSA) is 52.7 Å². The Hall–Kier alpha value is -1.88. The maximum atomic E-state index is 12.8. The van der Waals surface area contributed by atoms with E-state index in [0.717, 1.165) is 19.6 Å². The van der Waals surface area contributed by atoms with Gasteiger partial charge in [-0.15, -0.1) is 0 Å². The van der Waals surface area contributed by atoms with E-state index in [1.165, 1.54) is 5.56 Å². The molecule has 2 aliphatic rings. The summed E-state index contributed by atoms with van der Waals surface area (Å²) in [6, 6.07) is 10.5. The zero-order chi connectivity index (χ0) is 18.9. The zero-order valence-electron chi connectivity index (χ0n) is 16.4. The Morgan fingerprint density at radius 3 is 2.35 bits per heavy atom. The maximum Gasteiger partial charge on any atom is 0.225 e. The quantitative estimate of drug-likeness (QED) is 0.878. The van der Waals surface area contributed by atoms with Crippen LogP contribution in [0.25, 0.3) is 0 Å². The SMILES string of the molecule is CC(C)NC(=O)C1CN(Cc2ccccc2)CC12CN(C(=O)C(C)C)C2. The predicted molar refractivity (Wildman–Crippen MR) is 102 cm³/mol. The normalized spacial score (nSPS) is 22.1. The molecule has 0 aromatic heterocycles. The summed E-state index contributed by atoms with van der Waals surface area (Å²) in [6.07, 6.45) is 0. The first-order chi connectivity index (χ1) is 12.3. The highest BCUT2D eigenvalue weighted by Gasteiger charge is 2.57. The highest BCUT2D eigenvalue weighted by molar-refractivity contribution is 5.83. The number of carbonyl (C=O) groups excluding carboxylic acids is 2. The minimum absolute atomic E-state index is 0.0112. The molecule has 0 aliphatic carbocycles. The first-order valence-electron chi connectivity index (χ1n) is 9.66. The lowest BCUT2D eigenvalue weighted by molar-refractivity contribution is -0.152. The van der Waals surface area contributed by atoms with Gasteiger partial charge < -0.3 is 10.2 Å². The molecule has 26 heavy (non-hydrogen) atoms. The van der Waals surface area contributed by atoms with Crippen LogP contribution in [0.2, 0.25) is 0 Å². The van der Waals surface area contributed by atoms with Gasteiger partial charge in [0.2, 0.25) is 11.8 Å². The van der Waals surface area contributed by atoms with Crippen molar-refractivity contribution in [1.29, 1.82) is 0 Å². The van der Waals surface area contributed by atoms with Gasteiger partial charge in [0, 0.05) is 50.1 Å². The van der Waals surface area contributed by atoms with Crippen molar-refractivity contribution >= 4 is 11.8 Å². The van der Waals surface area contributed by atoms with Gasteiger partial charge in [0.1, 0.15) is 0 Å². The van der Waals surface area contributed by atoms with Crippen LogP contribution in [0.4, 0.5) is 0 Å². The summed E-state index contributed by atoms with van der Waals surface area (Å²) in [6.45, 7) is 11.8. The van der Waals surface area contributed by atoms with E-state index in [9.17, 15) is 9.59 Å². The molecule has 1 N–H and O–H groups in total. The van der Waals surface area contributed by atoms with E-state index in [0.29, 0.717) is 13.1 Å². The number of rotatable bonds is 5. The monoisotopic (exact) mass is 357 g/mol. The van der Waals surface area contributed by atoms with E-state index in [1.807, 2.05) is 38.7 Å². The fourth-order valence-corrected chi connectivity index (χ4v) is 4.34. The summed E-state index contributed by atoms with van der Waals surface area (Å²) < 4.78 is 0. The highest BCUT2D eigenvalue weighted by Crippen LogP contribution is 2.45. The third-order valence-electron chi connectivity index (χ3n) is 5.53. The fraction of sp³-hybridized carbons (Fsp3) is 0.619. The second-order valence-corrected chi connectivity index (χ2v) is 8.58. The molecule has 2 aliphatic heterocycles. The Balaban J connectivity index is 1.72. The average Bonchev–Trinajstić information content (AvgIpc) is 2.92. The molecule has 0 bridgehead atoms. The first-order valence-corrected chi connectivity index (χ1v) is 9.66. The van der Waals surface area contributed by atoms with Gasteiger partial charge in [0.15, 0.2) is 0 Å². The van der Waals surface area contributed by atoms with Crippen molar-refractivity contribution in [2.75, 3.05) is 26.2 Å². The van der Waals surface area contributed by atoms with Crippen LogP contribution < -0.4 is 5.32 Å². The number of benzene rings is 1. The van der Waals surface area contributed by atoms with Gasteiger partial charge >= 0.3 is 0 Å². The number of amides is 2. The smallest absolute Gasteiger partial charge is 0.225 e. The lowest BCUT2D eigenvalue weighted by Gasteiger charge is -2.51. The van der Waals surface area contributed by atoms with Crippen molar-refractivity contribution in [3.05, 3.63) is 35.9 Å². The predicted octanol–water partition coefficient (Wildman–Crippen LogP) is 2.13. The Labute approximate surface area is 156 Å². The van der Waals surface area contributed by atoms with Crippen LogP contribution in [0, 0.1) is 17.3 Å². The lowest BCUT2D eigenvalue weighted by Crippen LogP contribution is -2.64. The van der Waals surface area contributed by atoms with E-state index < -0.39 is 0 Å². The molecule has 1 spiro atoms. The van der Waals surface area contributed by atoms with Crippen LogP contribution in [-0.4, -0.2) is 53.8 Å². The molecule has 1 aromatic carbocycles. The number of likely N-dealkylation sites (tertiary alicyclic amines) is 2. The second-order valence-electron chi connectivity index (χ2n) is 8.58. The largest absolute Gasteiger partial charge is 0.354 e. The molecule has 5 nitrogen and oxygen atoms in total. The average molecular weight is 357 g/mol. The maximum absolute atomic E-state index is 12.8. The molecule has 0 saturated carbocycles. The Morgan fingerprint density at radius 1 is 1.12 bits per heavy atom. The molecule has 2 amide bonds. The minimum Gasteiger partial charge on any atom is -0.354 e. The van der Waals surface area contributed by atoms with E-state index in [2.05, 4.69) is 34.5 Å². The first kappa shape index (κ1) is 18.9. The van der Waals surface area contributed by atoms with Gasteiger partial charge in [0.25, 0.3) is 0 Å². The summed E-state index contributed by atoms with van der Waals surface area (Å²) in [5.41, 5.74) is 1.17. The molecule has 2 heterocycles. The standard InChI is InChI=1S/C21H31N3O2/c1-15(2)20(26)24-13-21(14-24)12-23(10-17-8-6-5-7-9-17)11-18(21)19(25)22-16(3)4/h5-9,15-16,18H,10-14H2,1-4H3,(H,22,25). The van der Waals surface area contributed by atoms with Crippen LogP contribution in [-0.2, 0) is 16.1 Å². The third kappa shape index (κ3) is 3.78. The van der Waals surface area contributed by atoms with Crippen molar-refractivity contribution in [1.82, 2.24) is 15.1 Å². The molecular weight excluding hydrogens is 326 g/mol. The van der Waals surface area contributed by atoms with Crippen LogP contribution >= 0.6 is 0 Å². The molecule has 3 rings (SSSR count). The van der Waals surface area contributed by atoms with Crippen LogP contribution in [0.1, 0.15) is 33.3 Å². The van der Waals surface area contributed by atoms with Crippen LogP contribution in [0.3, 0.4) is 0 Å². The molecule has 5 heteroatoms. The Morgan fingerprint density at radius 2 is 1.77 bits per heavy atom. The molecule has 142 valence electrons. The number of carbonyl (C=O) groups is 2. The lowest BCUT2D eigenvalue weighted by atomic mass is 9.70. The third-order valence-corrected chi connectivity index (χ3v) is 5.53. The molecular formula is C21H31N3O2. The number of hydrogen-bond acceptors (Lipinski definition) is 3. The Kier molecular flexibility index (Phi) is 5.37. The van der Waals surface area contributed by atoms with Crippen LogP contribution in [0.15, 0.2) is 30.3 Å². The summed E-state index contributed by atoms with van der Waals surface area (Å²) in [7, 11) is 0. The van der Waals surface area contributed by atoms with E-state index in [-0.39, 0.29) is 35.1 Å². The molecule has 1 unspecified atom stereocenters. The highest BCUT2D eigenvalue weighted by atomic mass is 16.2. The van der Waals surface area contributed by atoms with Crippen molar-refractivity contribution in [3.8, 4) is 0 Å². The summed E-state index contributed by atoms with van der Waals surface area (Å²) in [5, 5.41) is 3.09. The number of nitrogens with zero attached hydrogens (tertiary/aromatic N) is 2. The van der Waals surface area contributed by atoms with Crippen molar-refractivity contribution in [2.24, 2.45) is 17.3 Å². The Bertz CT molecular complexity index is 650. The van der Waals surface area contributed by atoms with Gasteiger partial charge in [-0.25, -0.2) is 0 Å². The summed E-state index contributed by atoms with van der Waals surface area (Å²) >= 11 is 0. The van der Waals surface area contributed by atoms with Crippen LogP contribution in [0.5, 0.6) is 0 Å². The fourth-order valence-electron chi connectivity index (χ4n) is 4.34. The van der Waals surface area contributed by atoms with Gasteiger partial charge in [-0.2, -0.15) is 0 Å². The van der Waals surface area contributed by atoms with Gasteiger partial charge in [-0.1, -0.05) is 44.2 Å². The molecule has 0 radical (unpaired) electrons. The minimum atomic E-state index is -0.0989. The number of hydrogen-bond donors (Lipinski definition) is 1. The van der Waals surface area contributed by atoms with Crippen molar-refractivity contribution in [2.45, 2.75) is 40.3 Å². The molecule has 1 aromatic rings.